The van der Waals surface area contributed by atoms with Gasteiger partial charge in [-0.15, -0.1) is 0 Å². The van der Waals surface area contributed by atoms with Gasteiger partial charge in [0.1, 0.15) is 6.61 Å². The third-order valence-electron chi connectivity index (χ3n) is 3.17. The number of Topliss-reactive ketones (excluding diaryl/α,β-unsaturated/α-hetero) is 1. The van der Waals surface area contributed by atoms with Gasteiger partial charge in [-0.2, -0.15) is 0 Å². The van der Waals surface area contributed by atoms with Crippen molar-refractivity contribution in [2.24, 2.45) is 0 Å². The van der Waals surface area contributed by atoms with Gasteiger partial charge in [-0.05, 0) is 30.7 Å². The summed E-state index contributed by atoms with van der Waals surface area (Å²) < 4.78 is 16.4. The molecule has 0 heterocycles. The number of ketones is 1. The molecule has 0 atom stereocenters. The van der Waals surface area contributed by atoms with E-state index in [-0.39, 0.29) is 5.78 Å². The van der Waals surface area contributed by atoms with E-state index in [1.165, 1.54) is 6.92 Å². The molecule has 0 spiro atoms. The van der Waals surface area contributed by atoms with Crippen molar-refractivity contribution < 1.29 is 19.0 Å². The maximum absolute atomic E-state index is 11.3. The molecule has 0 aromatic heterocycles. The first-order chi connectivity index (χ1) is 10.7. The van der Waals surface area contributed by atoms with Gasteiger partial charge in [0.2, 0.25) is 0 Å². The van der Waals surface area contributed by atoms with Crippen molar-refractivity contribution in [3.63, 3.8) is 0 Å². The van der Waals surface area contributed by atoms with E-state index in [1.54, 1.807) is 25.3 Å². The van der Waals surface area contributed by atoms with Gasteiger partial charge in [0.05, 0.1) is 20.3 Å². The summed E-state index contributed by atoms with van der Waals surface area (Å²) in [6.07, 6.45) is 0. The molecule has 2 aromatic carbocycles. The summed E-state index contributed by atoms with van der Waals surface area (Å²) in [6, 6.07) is 15.1. The van der Waals surface area contributed by atoms with Crippen molar-refractivity contribution in [1.29, 1.82) is 0 Å². The van der Waals surface area contributed by atoms with E-state index in [2.05, 4.69) is 0 Å². The van der Waals surface area contributed by atoms with Crippen molar-refractivity contribution in [3.05, 3.63) is 59.7 Å². The quantitative estimate of drug-likeness (QED) is 0.553. The summed E-state index contributed by atoms with van der Waals surface area (Å²) in [7, 11) is 1.55. The van der Waals surface area contributed by atoms with E-state index in [9.17, 15) is 4.79 Å². The maximum atomic E-state index is 11.3. The summed E-state index contributed by atoms with van der Waals surface area (Å²) >= 11 is 0. The van der Waals surface area contributed by atoms with Crippen molar-refractivity contribution in [1.82, 2.24) is 0 Å². The minimum absolute atomic E-state index is 0.00366. The summed E-state index contributed by atoms with van der Waals surface area (Å²) in [6.45, 7) is 2.98. The second kappa shape index (κ2) is 8.20. The molecule has 0 unspecified atom stereocenters. The smallest absolute Gasteiger partial charge is 0.161 e. The van der Waals surface area contributed by atoms with Crippen LogP contribution in [0.1, 0.15) is 22.8 Å². The molecule has 0 aliphatic heterocycles. The van der Waals surface area contributed by atoms with Gasteiger partial charge >= 0.3 is 0 Å². The molecule has 0 radical (unpaired) electrons. The minimum atomic E-state index is -0.00366. The normalized spacial score (nSPS) is 10.3. The second-order valence-electron chi connectivity index (χ2n) is 4.81. The largest absolute Gasteiger partial charge is 0.493 e. The van der Waals surface area contributed by atoms with Crippen LogP contribution < -0.4 is 9.47 Å². The monoisotopic (exact) mass is 300 g/mol. The number of carbonyl (C=O) groups excluding carboxylic acids is 1. The highest BCUT2D eigenvalue weighted by molar-refractivity contribution is 5.94. The van der Waals surface area contributed by atoms with Crippen LogP contribution in [0.5, 0.6) is 11.5 Å². The number of methoxy groups -OCH3 is 1. The fraction of sp³-hybridized carbons (Fsp3) is 0.278. The highest BCUT2D eigenvalue weighted by atomic mass is 16.5. The average Bonchev–Trinajstić information content (AvgIpc) is 2.55. The Morgan fingerprint density at radius 2 is 1.77 bits per heavy atom. The molecule has 2 aromatic rings. The molecule has 0 N–H and O–H groups in total. The predicted molar refractivity (Wildman–Crippen MR) is 84.6 cm³/mol. The van der Waals surface area contributed by atoms with E-state index >= 15 is 0 Å². The molecule has 4 nitrogen and oxygen atoms in total. The predicted octanol–water partition coefficient (Wildman–Crippen LogP) is 3.49. The van der Waals surface area contributed by atoms with Crippen LogP contribution in [0.4, 0.5) is 0 Å². The van der Waals surface area contributed by atoms with Gasteiger partial charge in [0.25, 0.3) is 0 Å². The van der Waals surface area contributed by atoms with Gasteiger partial charge in [-0.3, -0.25) is 4.79 Å². The van der Waals surface area contributed by atoms with Crippen LogP contribution in [0.25, 0.3) is 0 Å². The Morgan fingerprint density at radius 3 is 2.45 bits per heavy atom. The average molecular weight is 300 g/mol. The zero-order valence-electron chi connectivity index (χ0n) is 12.9. The van der Waals surface area contributed by atoms with Gasteiger partial charge in [-0.25, -0.2) is 0 Å². The summed E-state index contributed by atoms with van der Waals surface area (Å²) in [5, 5.41) is 0. The standard InChI is InChI=1S/C18H20O4/c1-14(19)16-8-9-17(18(12-16)20-2)22-11-10-21-13-15-6-4-3-5-7-15/h3-9,12H,10-11,13H2,1-2H3. The molecule has 0 amide bonds. The van der Waals surface area contributed by atoms with E-state index in [0.29, 0.717) is 36.9 Å². The van der Waals surface area contributed by atoms with E-state index in [0.717, 1.165) is 5.56 Å². The van der Waals surface area contributed by atoms with Crippen molar-refractivity contribution in [2.75, 3.05) is 20.3 Å². The number of rotatable bonds is 8. The van der Waals surface area contributed by atoms with Crippen LogP contribution in [-0.2, 0) is 11.3 Å². The van der Waals surface area contributed by atoms with Gasteiger partial charge in [0, 0.05) is 5.56 Å². The Bertz CT molecular complexity index is 608. The van der Waals surface area contributed by atoms with Crippen LogP contribution in [0, 0.1) is 0 Å². The number of hydrogen-bond donors (Lipinski definition) is 0. The molecule has 0 saturated heterocycles. The molecule has 0 fully saturated rings. The minimum Gasteiger partial charge on any atom is -0.493 e. The van der Waals surface area contributed by atoms with Crippen LogP contribution in [0.3, 0.4) is 0 Å². The molecule has 0 bridgehead atoms. The first-order valence-electron chi connectivity index (χ1n) is 7.14. The molecule has 0 aliphatic rings. The Balaban J connectivity index is 1.80. The highest BCUT2D eigenvalue weighted by Crippen LogP contribution is 2.28. The zero-order valence-corrected chi connectivity index (χ0v) is 12.9. The molecule has 0 aliphatic carbocycles. The topological polar surface area (TPSA) is 44.8 Å². The first-order valence-corrected chi connectivity index (χ1v) is 7.14. The van der Waals surface area contributed by atoms with Crippen LogP contribution >= 0.6 is 0 Å². The van der Waals surface area contributed by atoms with E-state index in [4.69, 9.17) is 14.2 Å². The SMILES string of the molecule is COc1cc(C(C)=O)ccc1OCCOCc1ccccc1. The molecular formula is C18H20O4. The lowest BCUT2D eigenvalue weighted by Crippen LogP contribution is -2.07. The Hall–Kier alpha value is -2.33. The fourth-order valence-corrected chi connectivity index (χ4v) is 1.98. The molecular weight excluding hydrogens is 280 g/mol. The molecule has 4 heteroatoms. The van der Waals surface area contributed by atoms with Crippen LogP contribution in [0.2, 0.25) is 0 Å². The lowest BCUT2D eigenvalue weighted by molar-refractivity contribution is 0.0879. The summed E-state index contributed by atoms with van der Waals surface area (Å²) in [5.41, 5.74) is 1.73. The molecule has 116 valence electrons. The highest BCUT2D eigenvalue weighted by Gasteiger charge is 2.08. The van der Waals surface area contributed by atoms with Gasteiger partial charge in [-0.1, -0.05) is 30.3 Å². The lowest BCUT2D eigenvalue weighted by Gasteiger charge is -2.11. The van der Waals surface area contributed by atoms with Crippen LogP contribution in [-0.4, -0.2) is 26.1 Å². The third kappa shape index (κ3) is 4.60. The molecule has 22 heavy (non-hydrogen) atoms. The molecule has 0 saturated carbocycles. The van der Waals surface area contributed by atoms with Gasteiger partial charge in [0.15, 0.2) is 17.3 Å². The third-order valence-corrected chi connectivity index (χ3v) is 3.17. The summed E-state index contributed by atoms with van der Waals surface area (Å²) in [4.78, 5) is 11.3. The van der Waals surface area contributed by atoms with Crippen molar-refractivity contribution in [3.8, 4) is 11.5 Å². The number of hydrogen-bond acceptors (Lipinski definition) is 4. The van der Waals surface area contributed by atoms with Crippen molar-refractivity contribution >= 4 is 5.78 Å². The zero-order chi connectivity index (χ0) is 15.8. The van der Waals surface area contributed by atoms with Crippen LogP contribution in [0.15, 0.2) is 48.5 Å². The Morgan fingerprint density at radius 1 is 1.00 bits per heavy atom. The maximum Gasteiger partial charge on any atom is 0.161 e. The number of ether oxygens (including phenoxy) is 3. The van der Waals surface area contributed by atoms with E-state index < -0.39 is 0 Å². The Labute approximate surface area is 130 Å². The number of benzene rings is 2. The second-order valence-corrected chi connectivity index (χ2v) is 4.81. The van der Waals surface area contributed by atoms with Gasteiger partial charge < -0.3 is 14.2 Å². The first kappa shape index (κ1) is 16.0. The molecule has 2 rings (SSSR count). The summed E-state index contributed by atoms with van der Waals surface area (Å²) in [5.74, 6) is 1.16. The number of carbonyl (C=O) groups is 1. The fourth-order valence-electron chi connectivity index (χ4n) is 1.98. The van der Waals surface area contributed by atoms with E-state index in [1.807, 2.05) is 30.3 Å². The van der Waals surface area contributed by atoms with Crippen molar-refractivity contribution in [2.45, 2.75) is 13.5 Å². The Kier molecular flexibility index (Phi) is 5.98. The lowest BCUT2D eigenvalue weighted by atomic mass is 10.1.